The SMILES string of the molecule is CS(=O)(=O)N(C1CCC1)[C@@H]1CCCN(C(=O)CC[C@@H]2CCOC2)CC1. The second-order valence-electron chi connectivity index (χ2n) is 7.91. The molecule has 1 aliphatic carbocycles. The summed E-state index contributed by atoms with van der Waals surface area (Å²) in [6.07, 6.45) is 9.52. The Kier molecular flexibility index (Phi) is 6.39. The predicted octanol–water partition coefficient (Wildman–Crippen LogP) is 2.00. The van der Waals surface area contributed by atoms with Crippen molar-refractivity contribution in [2.45, 2.75) is 69.9 Å². The van der Waals surface area contributed by atoms with Gasteiger partial charge in [0.1, 0.15) is 0 Å². The molecule has 2 atom stereocenters. The summed E-state index contributed by atoms with van der Waals surface area (Å²) >= 11 is 0. The summed E-state index contributed by atoms with van der Waals surface area (Å²) in [6.45, 7) is 3.06. The molecule has 2 heterocycles. The van der Waals surface area contributed by atoms with Crippen LogP contribution in [0, 0.1) is 5.92 Å². The molecule has 0 N–H and O–H groups in total. The number of amides is 1. The van der Waals surface area contributed by atoms with E-state index in [0.29, 0.717) is 18.9 Å². The number of rotatable bonds is 6. The van der Waals surface area contributed by atoms with Gasteiger partial charge in [-0.1, -0.05) is 6.42 Å². The Balaban J connectivity index is 1.53. The van der Waals surface area contributed by atoms with Gasteiger partial charge in [0.2, 0.25) is 15.9 Å². The molecular formula is C18H32N2O4S. The van der Waals surface area contributed by atoms with Crippen LogP contribution in [0.5, 0.6) is 0 Å². The zero-order valence-corrected chi connectivity index (χ0v) is 16.2. The zero-order chi connectivity index (χ0) is 17.9. The first-order chi connectivity index (χ1) is 11.9. The third-order valence-corrected chi connectivity index (χ3v) is 7.38. The number of nitrogens with zero attached hydrogens (tertiary/aromatic N) is 2. The van der Waals surface area contributed by atoms with Gasteiger partial charge in [0.05, 0.1) is 6.26 Å². The number of ether oxygens (including phenoxy) is 1. The Labute approximate surface area is 151 Å². The van der Waals surface area contributed by atoms with Crippen molar-refractivity contribution in [3.8, 4) is 0 Å². The van der Waals surface area contributed by atoms with Gasteiger partial charge >= 0.3 is 0 Å². The van der Waals surface area contributed by atoms with Crippen LogP contribution >= 0.6 is 0 Å². The number of carbonyl (C=O) groups excluding carboxylic acids is 1. The molecule has 1 amide bonds. The van der Waals surface area contributed by atoms with E-state index >= 15 is 0 Å². The molecule has 0 spiro atoms. The van der Waals surface area contributed by atoms with Crippen molar-refractivity contribution in [2.75, 3.05) is 32.6 Å². The molecule has 7 heteroatoms. The summed E-state index contributed by atoms with van der Waals surface area (Å²) in [7, 11) is -3.18. The summed E-state index contributed by atoms with van der Waals surface area (Å²) in [4.78, 5) is 14.5. The van der Waals surface area contributed by atoms with Gasteiger partial charge in [-0.2, -0.15) is 4.31 Å². The molecule has 6 nitrogen and oxygen atoms in total. The zero-order valence-electron chi connectivity index (χ0n) is 15.4. The van der Waals surface area contributed by atoms with Crippen molar-refractivity contribution in [2.24, 2.45) is 5.92 Å². The van der Waals surface area contributed by atoms with Gasteiger partial charge in [0, 0.05) is 44.8 Å². The quantitative estimate of drug-likeness (QED) is 0.715. The van der Waals surface area contributed by atoms with Gasteiger partial charge in [0.15, 0.2) is 0 Å². The Bertz CT molecular complexity index is 555. The second-order valence-corrected chi connectivity index (χ2v) is 9.80. The maximum absolute atomic E-state index is 12.5. The fourth-order valence-electron chi connectivity index (χ4n) is 4.36. The van der Waals surface area contributed by atoms with Gasteiger partial charge in [0.25, 0.3) is 0 Å². The Morgan fingerprint density at radius 1 is 1.08 bits per heavy atom. The van der Waals surface area contributed by atoms with Crippen molar-refractivity contribution in [3.63, 3.8) is 0 Å². The molecule has 0 aromatic heterocycles. The van der Waals surface area contributed by atoms with E-state index < -0.39 is 10.0 Å². The van der Waals surface area contributed by atoms with E-state index in [0.717, 1.165) is 71.1 Å². The maximum Gasteiger partial charge on any atom is 0.222 e. The minimum Gasteiger partial charge on any atom is -0.381 e. The molecule has 2 aliphatic heterocycles. The van der Waals surface area contributed by atoms with E-state index in [1.165, 1.54) is 6.26 Å². The molecule has 3 aliphatic rings. The van der Waals surface area contributed by atoms with E-state index in [4.69, 9.17) is 4.74 Å². The first kappa shape index (κ1) is 19.1. The predicted molar refractivity (Wildman–Crippen MR) is 96.7 cm³/mol. The van der Waals surface area contributed by atoms with Crippen LogP contribution in [0.1, 0.15) is 57.8 Å². The lowest BCUT2D eigenvalue weighted by molar-refractivity contribution is -0.131. The lowest BCUT2D eigenvalue weighted by Crippen LogP contribution is -2.50. The standard InChI is InChI=1S/C18H32N2O4S/c1-25(22,23)20(16-4-2-5-16)17-6-3-11-19(12-9-17)18(21)8-7-15-10-13-24-14-15/h15-17H,2-14H2,1H3/t15-,17-/m1/s1. The van der Waals surface area contributed by atoms with E-state index in [-0.39, 0.29) is 18.0 Å². The molecule has 1 saturated carbocycles. The number of carbonyl (C=O) groups is 1. The first-order valence-electron chi connectivity index (χ1n) is 9.79. The van der Waals surface area contributed by atoms with Crippen LogP contribution in [0.25, 0.3) is 0 Å². The molecule has 144 valence electrons. The fourth-order valence-corrected chi connectivity index (χ4v) is 5.87. The Morgan fingerprint density at radius 3 is 2.40 bits per heavy atom. The fraction of sp³-hybridized carbons (Fsp3) is 0.944. The summed E-state index contributed by atoms with van der Waals surface area (Å²) in [5, 5.41) is 0. The van der Waals surface area contributed by atoms with Gasteiger partial charge in [-0.15, -0.1) is 0 Å². The minimum atomic E-state index is -3.18. The smallest absolute Gasteiger partial charge is 0.222 e. The third-order valence-electron chi connectivity index (χ3n) is 6.02. The molecule has 25 heavy (non-hydrogen) atoms. The van der Waals surface area contributed by atoms with Crippen molar-refractivity contribution in [3.05, 3.63) is 0 Å². The third kappa shape index (κ3) is 4.95. The van der Waals surface area contributed by atoms with Gasteiger partial charge < -0.3 is 9.64 Å². The Morgan fingerprint density at radius 2 is 1.80 bits per heavy atom. The van der Waals surface area contributed by atoms with Gasteiger partial charge in [-0.05, 0) is 50.9 Å². The number of hydrogen-bond acceptors (Lipinski definition) is 4. The molecular weight excluding hydrogens is 340 g/mol. The van der Waals surface area contributed by atoms with Crippen molar-refractivity contribution < 1.29 is 17.9 Å². The lowest BCUT2D eigenvalue weighted by atomic mass is 9.91. The average molecular weight is 373 g/mol. The monoisotopic (exact) mass is 372 g/mol. The van der Waals surface area contributed by atoms with Crippen molar-refractivity contribution in [1.82, 2.24) is 9.21 Å². The van der Waals surface area contributed by atoms with Crippen LogP contribution < -0.4 is 0 Å². The highest BCUT2D eigenvalue weighted by Crippen LogP contribution is 2.32. The molecule has 0 aromatic rings. The van der Waals surface area contributed by atoms with Gasteiger partial charge in [-0.25, -0.2) is 8.42 Å². The topological polar surface area (TPSA) is 66.9 Å². The molecule has 0 aromatic carbocycles. The lowest BCUT2D eigenvalue weighted by Gasteiger charge is -2.40. The molecule has 0 radical (unpaired) electrons. The Hall–Kier alpha value is -0.660. The van der Waals surface area contributed by atoms with Crippen LogP contribution in [0.2, 0.25) is 0 Å². The van der Waals surface area contributed by atoms with E-state index in [1.54, 1.807) is 4.31 Å². The number of likely N-dealkylation sites (tertiary alicyclic amines) is 1. The van der Waals surface area contributed by atoms with Crippen molar-refractivity contribution >= 4 is 15.9 Å². The number of sulfonamides is 1. The van der Waals surface area contributed by atoms with Crippen LogP contribution in [-0.4, -0.2) is 68.2 Å². The highest BCUT2D eigenvalue weighted by Gasteiger charge is 2.37. The minimum absolute atomic E-state index is 0.0568. The van der Waals surface area contributed by atoms with E-state index in [2.05, 4.69) is 0 Å². The summed E-state index contributed by atoms with van der Waals surface area (Å²) < 4.78 is 31.7. The normalized spacial score (nSPS) is 28.8. The average Bonchev–Trinajstić information content (AvgIpc) is 2.91. The first-order valence-corrected chi connectivity index (χ1v) is 11.6. The van der Waals surface area contributed by atoms with Crippen LogP contribution in [0.3, 0.4) is 0 Å². The van der Waals surface area contributed by atoms with E-state index in [1.807, 2.05) is 4.90 Å². The maximum atomic E-state index is 12.5. The van der Waals surface area contributed by atoms with Crippen LogP contribution in [-0.2, 0) is 19.6 Å². The molecule has 2 saturated heterocycles. The summed E-state index contributed by atoms with van der Waals surface area (Å²) in [6, 6.07) is 0.242. The highest BCUT2D eigenvalue weighted by molar-refractivity contribution is 7.88. The van der Waals surface area contributed by atoms with Crippen LogP contribution in [0.4, 0.5) is 0 Å². The van der Waals surface area contributed by atoms with Crippen molar-refractivity contribution in [1.29, 1.82) is 0 Å². The highest BCUT2D eigenvalue weighted by atomic mass is 32.2. The van der Waals surface area contributed by atoms with E-state index in [9.17, 15) is 13.2 Å². The molecule has 3 fully saturated rings. The molecule has 0 bridgehead atoms. The largest absolute Gasteiger partial charge is 0.381 e. The van der Waals surface area contributed by atoms with Crippen LogP contribution in [0.15, 0.2) is 0 Å². The summed E-state index contributed by atoms with van der Waals surface area (Å²) in [5.41, 5.74) is 0. The second kappa shape index (κ2) is 8.35. The number of hydrogen-bond donors (Lipinski definition) is 0. The summed E-state index contributed by atoms with van der Waals surface area (Å²) in [5.74, 6) is 0.755. The molecule has 3 rings (SSSR count). The van der Waals surface area contributed by atoms with Gasteiger partial charge in [-0.3, -0.25) is 4.79 Å². The molecule has 0 unspecified atom stereocenters.